The van der Waals surface area contributed by atoms with E-state index in [0.717, 1.165) is 0 Å². The van der Waals surface area contributed by atoms with Gasteiger partial charge in [0.1, 0.15) is 21.3 Å². The van der Waals surface area contributed by atoms with Gasteiger partial charge in [0.2, 0.25) is 0 Å². The van der Waals surface area contributed by atoms with Gasteiger partial charge in [-0.25, -0.2) is 17.6 Å². The molecule has 0 unspecified atom stereocenters. The molecule has 1 rings (SSSR count). The van der Waals surface area contributed by atoms with E-state index in [2.05, 4.69) is 0 Å². The molecule has 0 N–H and O–H groups in total. The van der Waals surface area contributed by atoms with Crippen LogP contribution in [-0.2, 0) is 18.7 Å². The van der Waals surface area contributed by atoms with Crippen LogP contribution in [0.4, 0.5) is 30.7 Å². The van der Waals surface area contributed by atoms with Crippen LogP contribution in [0, 0.1) is 23.3 Å². The standard InChI is InChI=1S/C13H15F7O3S/c1-4-21-24(22-5-2,23-6-3)12-10(16)8(14)7(13(18,19)20)9(15)11(12)17/h4-6H2,1-3H3. The minimum atomic E-state index is -5.63. The summed E-state index contributed by atoms with van der Waals surface area (Å²) in [5, 5.41) is 0. The average Bonchev–Trinajstić information content (AvgIpc) is 2.45. The van der Waals surface area contributed by atoms with Gasteiger partial charge in [0.15, 0.2) is 23.3 Å². The maximum Gasteiger partial charge on any atom is 0.422 e. The Morgan fingerprint density at radius 3 is 1.29 bits per heavy atom. The summed E-state index contributed by atoms with van der Waals surface area (Å²) in [7, 11) is -3.79. The van der Waals surface area contributed by atoms with Crippen molar-refractivity contribution in [3.8, 4) is 0 Å². The van der Waals surface area contributed by atoms with Gasteiger partial charge in [-0.05, 0) is 20.8 Å². The number of rotatable bonds is 7. The summed E-state index contributed by atoms with van der Waals surface area (Å²) in [6.45, 7) is 3.43. The molecule has 0 radical (unpaired) electrons. The molecule has 0 aliphatic heterocycles. The van der Waals surface area contributed by atoms with Gasteiger partial charge >= 0.3 is 6.18 Å². The van der Waals surface area contributed by atoms with E-state index in [1.165, 1.54) is 20.8 Å². The molecule has 24 heavy (non-hydrogen) atoms. The van der Waals surface area contributed by atoms with Crippen LogP contribution in [0.5, 0.6) is 0 Å². The lowest BCUT2D eigenvalue weighted by atomic mass is 10.1. The van der Waals surface area contributed by atoms with E-state index in [1.807, 2.05) is 0 Å². The van der Waals surface area contributed by atoms with Gasteiger partial charge in [0.25, 0.3) is 0 Å². The minimum absolute atomic E-state index is 0.238. The summed E-state index contributed by atoms with van der Waals surface area (Å²) in [6, 6.07) is 0. The first-order chi connectivity index (χ1) is 11.1. The molecule has 1 aromatic carbocycles. The number of hydrogen-bond donors (Lipinski definition) is 0. The number of hydrogen-bond acceptors (Lipinski definition) is 3. The first kappa shape index (κ1) is 21.0. The van der Waals surface area contributed by atoms with Crippen molar-refractivity contribution < 1.29 is 43.3 Å². The lowest BCUT2D eigenvalue weighted by Gasteiger charge is -2.37. The molecule has 11 heteroatoms. The Morgan fingerprint density at radius 1 is 0.708 bits per heavy atom. The molecule has 0 aliphatic rings. The lowest BCUT2D eigenvalue weighted by Crippen LogP contribution is -2.21. The average molecular weight is 384 g/mol. The fourth-order valence-electron chi connectivity index (χ4n) is 1.82. The topological polar surface area (TPSA) is 27.7 Å². The maximum absolute atomic E-state index is 14.2. The molecule has 140 valence electrons. The van der Waals surface area contributed by atoms with E-state index >= 15 is 0 Å². The van der Waals surface area contributed by atoms with Crippen LogP contribution in [0.1, 0.15) is 26.3 Å². The summed E-state index contributed by atoms with van der Waals surface area (Å²) < 4.78 is 109. The fraction of sp³-hybridized carbons (Fsp3) is 0.538. The zero-order valence-electron chi connectivity index (χ0n) is 12.9. The van der Waals surface area contributed by atoms with E-state index in [-0.39, 0.29) is 19.8 Å². The van der Waals surface area contributed by atoms with Crippen molar-refractivity contribution in [3.05, 3.63) is 28.8 Å². The number of benzene rings is 1. The van der Waals surface area contributed by atoms with Crippen LogP contribution in [0.2, 0.25) is 0 Å². The van der Waals surface area contributed by atoms with Gasteiger partial charge in [-0.15, -0.1) is 0 Å². The molecule has 0 fully saturated rings. The Labute approximate surface area is 135 Å². The van der Waals surface area contributed by atoms with Gasteiger partial charge in [0, 0.05) is 0 Å². The van der Waals surface area contributed by atoms with Crippen LogP contribution in [0.25, 0.3) is 0 Å². The molecule has 0 amide bonds. The maximum atomic E-state index is 14.2. The zero-order chi connectivity index (χ0) is 18.7. The SMILES string of the molecule is CCOS(OCC)(OCC)c1c(F)c(F)c(C(F)(F)F)c(F)c1F. The van der Waals surface area contributed by atoms with Crippen molar-refractivity contribution in [2.24, 2.45) is 0 Å². The highest BCUT2D eigenvalue weighted by atomic mass is 32.3. The van der Waals surface area contributed by atoms with Crippen molar-refractivity contribution in [1.29, 1.82) is 0 Å². The second kappa shape index (κ2) is 7.89. The largest absolute Gasteiger partial charge is 0.422 e. The van der Waals surface area contributed by atoms with Gasteiger partial charge in [-0.1, -0.05) is 0 Å². The Bertz CT molecular complexity index is 546. The predicted octanol–water partition coefficient (Wildman–Crippen LogP) is 5.28. The van der Waals surface area contributed by atoms with Crippen molar-refractivity contribution in [2.45, 2.75) is 31.8 Å². The monoisotopic (exact) mass is 384 g/mol. The Balaban J connectivity index is 3.80. The van der Waals surface area contributed by atoms with Crippen LogP contribution in [-0.4, -0.2) is 19.8 Å². The highest BCUT2D eigenvalue weighted by Crippen LogP contribution is 2.61. The van der Waals surface area contributed by atoms with Gasteiger partial charge < -0.3 is 0 Å². The molecule has 0 saturated carbocycles. The molecule has 0 saturated heterocycles. The highest BCUT2D eigenvalue weighted by Gasteiger charge is 2.46. The third-order valence-electron chi connectivity index (χ3n) is 2.58. The Hall–Kier alpha value is -1.04. The molecule has 1 aromatic rings. The fourth-order valence-corrected chi connectivity index (χ4v) is 3.93. The molecule has 0 atom stereocenters. The smallest absolute Gasteiger partial charge is 0.289 e. The molecule has 0 bridgehead atoms. The number of halogens is 7. The van der Waals surface area contributed by atoms with E-state index in [9.17, 15) is 30.7 Å². The third kappa shape index (κ3) is 3.79. The highest BCUT2D eigenvalue weighted by molar-refractivity contribution is 8.21. The number of alkyl halides is 3. The zero-order valence-corrected chi connectivity index (χ0v) is 13.7. The molecule has 0 aromatic heterocycles. The van der Waals surface area contributed by atoms with Gasteiger partial charge in [0.05, 0.1) is 19.8 Å². The van der Waals surface area contributed by atoms with Gasteiger partial charge in [-0.3, -0.25) is 12.5 Å². The first-order valence-electron chi connectivity index (χ1n) is 6.76. The molecular weight excluding hydrogens is 369 g/mol. The van der Waals surface area contributed by atoms with E-state index in [4.69, 9.17) is 12.5 Å². The van der Waals surface area contributed by atoms with Crippen LogP contribution in [0.15, 0.2) is 4.90 Å². The molecule has 3 nitrogen and oxygen atoms in total. The molecule has 0 aliphatic carbocycles. The molecular formula is C13H15F7O3S. The van der Waals surface area contributed by atoms with E-state index < -0.39 is 50.8 Å². The Kier molecular flexibility index (Phi) is 6.91. The third-order valence-corrected chi connectivity index (χ3v) is 5.07. The van der Waals surface area contributed by atoms with E-state index in [1.54, 1.807) is 0 Å². The van der Waals surface area contributed by atoms with E-state index in [0.29, 0.717) is 0 Å². The minimum Gasteiger partial charge on any atom is -0.289 e. The van der Waals surface area contributed by atoms with Crippen molar-refractivity contribution >= 4 is 10.9 Å². The Morgan fingerprint density at radius 2 is 1.04 bits per heavy atom. The van der Waals surface area contributed by atoms with Crippen LogP contribution in [0.3, 0.4) is 0 Å². The molecule has 0 spiro atoms. The normalized spacial score (nSPS) is 13.4. The summed E-state index contributed by atoms with van der Waals surface area (Å²) in [6.07, 6.45) is -5.63. The van der Waals surface area contributed by atoms with Crippen LogP contribution < -0.4 is 0 Å². The second-order valence-corrected chi connectivity index (χ2v) is 6.16. The first-order valence-corrected chi connectivity index (χ1v) is 8.17. The van der Waals surface area contributed by atoms with Crippen molar-refractivity contribution in [1.82, 2.24) is 0 Å². The molecule has 0 heterocycles. The lowest BCUT2D eigenvalue weighted by molar-refractivity contribution is -0.143. The van der Waals surface area contributed by atoms with Crippen molar-refractivity contribution in [3.63, 3.8) is 0 Å². The van der Waals surface area contributed by atoms with Gasteiger partial charge in [-0.2, -0.15) is 13.2 Å². The summed E-state index contributed by atoms with van der Waals surface area (Å²) >= 11 is 0. The second-order valence-electron chi connectivity index (χ2n) is 4.13. The summed E-state index contributed by atoms with van der Waals surface area (Å²) in [4.78, 5) is -1.48. The predicted molar refractivity (Wildman–Crippen MR) is 72.0 cm³/mol. The summed E-state index contributed by atoms with van der Waals surface area (Å²) in [5.41, 5.74) is -2.67. The van der Waals surface area contributed by atoms with Crippen LogP contribution >= 0.6 is 10.9 Å². The summed E-state index contributed by atoms with van der Waals surface area (Å²) in [5.74, 6) is -9.72. The van der Waals surface area contributed by atoms with Crippen molar-refractivity contribution in [2.75, 3.05) is 19.8 Å². The quantitative estimate of drug-likeness (QED) is 0.473.